The molecule has 0 saturated heterocycles. The Bertz CT molecular complexity index is 516. The summed E-state index contributed by atoms with van der Waals surface area (Å²) in [6.07, 6.45) is 1.67. The molecule has 88 valence electrons. The van der Waals surface area contributed by atoms with Gasteiger partial charge in [0.05, 0.1) is 16.4 Å². The number of rotatable bonds is 3. The van der Waals surface area contributed by atoms with Gasteiger partial charge in [-0.3, -0.25) is 0 Å². The molecule has 0 atom stereocenters. The van der Waals surface area contributed by atoms with Crippen LogP contribution >= 0.6 is 27.5 Å². The van der Waals surface area contributed by atoms with Crippen LogP contribution in [0.4, 0.5) is 5.69 Å². The van der Waals surface area contributed by atoms with Gasteiger partial charge in [-0.1, -0.05) is 23.7 Å². The summed E-state index contributed by atoms with van der Waals surface area (Å²) in [5, 5.41) is 12.8. The van der Waals surface area contributed by atoms with Gasteiger partial charge in [0.2, 0.25) is 0 Å². The van der Waals surface area contributed by atoms with Gasteiger partial charge in [0, 0.05) is 6.54 Å². The Labute approximate surface area is 113 Å². The molecule has 0 unspecified atom stereocenters. The highest BCUT2D eigenvalue weighted by Gasteiger charge is 2.00. The van der Waals surface area contributed by atoms with E-state index in [1.807, 2.05) is 18.2 Å². The van der Waals surface area contributed by atoms with Crippen LogP contribution in [0, 0.1) is 0 Å². The van der Waals surface area contributed by atoms with Crippen molar-refractivity contribution < 1.29 is 5.11 Å². The van der Waals surface area contributed by atoms with Crippen molar-refractivity contribution in [2.45, 2.75) is 6.54 Å². The predicted molar refractivity (Wildman–Crippen MR) is 72.4 cm³/mol. The summed E-state index contributed by atoms with van der Waals surface area (Å²) in [6.45, 7) is 0.663. The van der Waals surface area contributed by atoms with E-state index >= 15 is 0 Å². The van der Waals surface area contributed by atoms with Crippen LogP contribution in [-0.2, 0) is 6.54 Å². The molecule has 2 N–H and O–H groups in total. The molecule has 2 rings (SSSR count). The molecule has 0 aliphatic heterocycles. The number of hydrogen-bond donors (Lipinski definition) is 2. The molecule has 2 aromatic rings. The van der Waals surface area contributed by atoms with E-state index in [2.05, 4.69) is 26.2 Å². The van der Waals surface area contributed by atoms with Crippen molar-refractivity contribution in [3.8, 4) is 5.75 Å². The van der Waals surface area contributed by atoms with Crippen molar-refractivity contribution in [2.24, 2.45) is 0 Å². The Hall–Kier alpha value is -1.26. The van der Waals surface area contributed by atoms with E-state index in [4.69, 9.17) is 16.7 Å². The number of nitrogens with one attached hydrogen (secondary N) is 1. The fourth-order valence-electron chi connectivity index (χ4n) is 1.34. The number of nitrogens with zero attached hydrogens (tertiary/aromatic N) is 1. The number of aromatic nitrogens is 1. The summed E-state index contributed by atoms with van der Waals surface area (Å²) in [5.41, 5.74) is 1.96. The maximum atomic E-state index is 9.16. The lowest BCUT2D eigenvalue weighted by molar-refractivity contribution is 0.475. The molecule has 3 nitrogen and oxygen atoms in total. The average molecular weight is 314 g/mol. The first-order valence-electron chi connectivity index (χ1n) is 4.98. The van der Waals surface area contributed by atoms with Gasteiger partial charge in [0.25, 0.3) is 0 Å². The summed E-state index contributed by atoms with van der Waals surface area (Å²) >= 11 is 9.12. The summed E-state index contributed by atoms with van der Waals surface area (Å²) in [7, 11) is 0. The van der Waals surface area contributed by atoms with Gasteiger partial charge in [-0.05, 0) is 39.7 Å². The molecule has 1 heterocycles. The van der Waals surface area contributed by atoms with E-state index < -0.39 is 0 Å². The maximum absolute atomic E-state index is 9.16. The second kappa shape index (κ2) is 5.38. The summed E-state index contributed by atoms with van der Waals surface area (Å²) in [4.78, 5) is 4.02. The minimum Gasteiger partial charge on any atom is -0.508 e. The smallest absolute Gasteiger partial charge is 0.143 e. The van der Waals surface area contributed by atoms with Gasteiger partial charge in [0.1, 0.15) is 10.9 Å². The number of benzene rings is 1. The zero-order valence-electron chi connectivity index (χ0n) is 8.82. The summed E-state index contributed by atoms with van der Waals surface area (Å²) in [6, 6.07) is 8.91. The molecule has 0 spiro atoms. The molecule has 0 aliphatic carbocycles. The molecule has 17 heavy (non-hydrogen) atoms. The topological polar surface area (TPSA) is 45.1 Å². The van der Waals surface area contributed by atoms with Crippen molar-refractivity contribution in [1.82, 2.24) is 4.98 Å². The standard InChI is InChI=1S/C12H10BrClN2O/c13-11-5-9(7-16-12(11)14)15-6-8-1-3-10(17)4-2-8/h1-5,7,15,17H,6H2. The van der Waals surface area contributed by atoms with E-state index in [1.165, 1.54) is 0 Å². The largest absolute Gasteiger partial charge is 0.508 e. The quantitative estimate of drug-likeness (QED) is 0.847. The number of aromatic hydroxyl groups is 1. The highest BCUT2D eigenvalue weighted by atomic mass is 79.9. The van der Waals surface area contributed by atoms with Gasteiger partial charge in [-0.2, -0.15) is 0 Å². The van der Waals surface area contributed by atoms with Crippen LogP contribution < -0.4 is 5.32 Å². The van der Waals surface area contributed by atoms with Crippen LogP contribution in [0.1, 0.15) is 5.56 Å². The normalized spacial score (nSPS) is 10.2. The van der Waals surface area contributed by atoms with E-state index in [0.29, 0.717) is 11.7 Å². The molecule has 1 aromatic carbocycles. The second-order valence-corrected chi connectivity index (χ2v) is 4.73. The lowest BCUT2D eigenvalue weighted by Gasteiger charge is -2.07. The minimum atomic E-state index is 0.268. The van der Waals surface area contributed by atoms with Crippen LogP contribution in [-0.4, -0.2) is 10.1 Å². The van der Waals surface area contributed by atoms with Crippen LogP contribution in [0.15, 0.2) is 41.0 Å². The van der Waals surface area contributed by atoms with Gasteiger partial charge in [0.15, 0.2) is 0 Å². The third kappa shape index (κ3) is 3.35. The van der Waals surface area contributed by atoms with Crippen molar-refractivity contribution in [2.75, 3.05) is 5.32 Å². The molecule has 0 radical (unpaired) electrons. The van der Waals surface area contributed by atoms with Crippen LogP contribution in [0.25, 0.3) is 0 Å². The van der Waals surface area contributed by atoms with E-state index in [1.54, 1.807) is 18.3 Å². The zero-order valence-corrected chi connectivity index (χ0v) is 11.2. The van der Waals surface area contributed by atoms with Crippen LogP contribution in [0.2, 0.25) is 5.15 Å². The van der Waals surface area contributed by atoms with E-state index in [-0.39, 0.29) is 5.75 Å². The highest BCUT2D eigenvalue weighted by Crippen LogP contribution is 2.23. The Morgan fingerprint density at radius 3 is 2.65 bits per heavy atom. The average Bonchev–Trinajstić information content (AvgIpc) is 2.33. The molecule has 0 aliphatic rings. The highest BCUT2D eigenvalue weighted by molar-refractivity contribution is 9.10. The van der Waals surface area contributed by atoms with Crippen molar-refractivity contribution >= 4 is 33.2 Å². The molecule has 0 amide bonds. The van der Waals surface area contributed by atoms with E-state index in [9.17, 15) is 0 Å². The minimum absolute atomic E-state index is 0.268. The van der Waals surface area contributed by atoms with Gasteiger partial charge >= 0.3 is 0 Å². The zero-order chi connectivity index (χ0) is 12.3. The number of phenols is 1. The van der Waals surface area contributed by atoms with Gasteiger partial charge in [-0.25, -0.2) is 4.98 Å². The first-order chi connectivity index (χ1) is 8.15. The Morgan fingerprint density at radius 1 is 1.29 bits per heavy atom. The predicted octanol–water partition coefficient (Wildman–Crippen LogP) is 3.82. The number of pyridine rings is 1. The Morgan fingerprint density at radius 2 is 2.00 bits per heavy atom. The molecule has 0 bridgehead atoms. The van der Waals surface area contributed by atoms with E-state index in [0.717, 1.165) is 15.7 Å². The maximum Gasteiger partial charge on any atom is 0.143 e. The number of phenolic OH excluding ortho intramolecular Hbond substituents is 1. The Kier molecular flexibility index (Phi) is 3.86. The van der Waals surface area contributed by atoms with Gasteiger partial charge < -0.3 is 10.4 Å². The molecule has 1 aromatic heterocycles. The lowest BCUT2D eigenvalue weighted by Crippen LogP contribution is -1.99. The fraction of sp³-hybridized carbons (Fsp3) is 0.0833. The third-order valence-electron chi connectivity index (χ3n) is 2.23. The number of anilines is 1. The fourth-order valence-corrected chi connectivity index (χ4v) is 1.79. The Balaban J connectivity index is 2.02. The molecule has 0 fully saturated rings. The third-order valence-corrected chi connectivity index (χ3v) is 3.36. The lowest BCUT2D eigenvalue weighted by atomic mass is 10.2. The number of hydrogen-bond acceptors (Lipinski definition) is 3. The van der Waals surface area contributed by atoms with Crippen molar-refractivity contribution in [3.05, 3.63) is 51.7 Å². The van der Waals surface area contributed by atoms with Gasteiger partial charge in [-0.15, -0.1) is 0 Å². The van der Waals surface area contributed by atoms with Crippen molar-refractivity contribution in [1.29, 1.82) is 0 Å². The van der Waals surface area contributed by atoms with Crippen molar-refractivity contribution in [3.63, 3.8) is 0 Å². The molecule has 0 saturated carbocycles. The first kappa shape index (κ1) is 12.2. The molecule has 5 heteroatoms. The summed E-state index contributed by atoms with van der Waals surface area (Å²) in [5.74, 6) is 0.268. The first-order valence-corrected chi connectivity index (χ1v) is 6.15. The molecular formula is C12H10BrClN2O. The second-order valence-electron chi connectivity index (χ2n) is 3.52. The monoisotopic (exact) mass is 312 g/mol. The van der Waals surface area contributed by atoms with Crippen LogP contribution in [0.5, 0.6) is 5.75 Å². The number of halogens is 2. The van der Waals surface area contributed by atoms with Crippen LogP contribution in [0.3, 0.4) is 0 Å². The molecular weight excluding hydrogens is 304 g/mol. The summed E-state index contributed by atoms with van der Waals surface area (Å²) < 4.78 is 0.759. The SMILES string of the molecule is Oc1ccc(CNc2cnc(Cl)c(Br)c2)cc1.